The van der Waals surface area contributed by atoms with Crippen LogP contribution in [0.3, 0.4) is 0 Å². The number of hydrogen-bond donors (Lipinski definition) is 1. The Labute approximate surface area is 142 Å². The second-order valence-corrected chi connectivity index (χ2v) is 6.85. The Bertz CT molecular complexity index is 691. The fraction of sp³-hybridized carbons (Fsp3) is 0.556. The number of nitrogens with one attached hydrogen (secondary N) is 1. The van der Waals surface area contributed by atoms with E-state index in [-0.39, 0.29) is 0 Å². The van der Waals surface area contributed by atoms with Gasteiger partial charge < -0.3 is 10.2 Å². The summed E-state index contributed by atoms with van der Waals surface area (Å²) < 4.78 is 0. The topological polar surface area (TPSA) is 66.8 Å². The van der Waals surface area contributed by atoms with Crippen LogP contribution in [0.15, 0.2) is 24.7 Å². The number of anilines is 2. The van der Waals surface area contributed by atoms with Crippen molar-refractivity contribution in [3.8, 4) is 0 Å². The van der Waals surface area contributed by atoms with Gasteiger partial charge in [-0.25, -0.2) is 19.9 Å². The minimum atomic E-state index is 0.462. The normalized spacial score (nSPS) is 19.1. The van der Waals surface area contributed by atoms with Crippen molar-refractivity contribution in [2.75, 3.05) is 23.3 Å². The molecule has 0 aromatic carbocycles. The van der Waals surface area contributed by atoms with Crippen LogP contribution in [0.5, 0.6) is 0 Å². The van der Waals surface area contributed by atoms with Crippen LogP contribution in [0.1, 0.15) is 49.5 Å². The molecule has 6 heteroatoms. The van der Waals surface area contributed by atoms with E-state index in [0.717, 1.165) is 49.1 Å². The van der Waals surface area contributed by atoms with Gasteiger partial charge >= 0.3 is 0 Å². The van der Waals surface area contributed by atoms with E-state index >= 15 is 0 Å². The van der Waals surface area contributed by atoms with Gasteiger partial charge in [0, 0.05) is 43.0 Å². The first kappa shape index (κ1) is 15.3. The van der Waals surface area contributed by atoms with Gasteiger partial charge in [-0.15, -0.1) is 0 Å². The molecule has 1 saturated heterocycles. The van der Waals surface area contributed by atoms with Crippen molar-refractivity contribution in [1.82, 2.24) is 19.9 Å². The van der Waals surface area contributed by atoms with E-state index in [4.69, 9.17) is 4.98 Å². The summed E-state index contributed by atoms with van der Waals surface area (Å²) >= 11 is 0. The molecule has 1 aliphatic carbocycles. The van der Waals surface area contributed by atoms with Crippen LogP contribution < -0.4 is 10.2 Å². The molecule has 24 heavy (non-hydrogen) atoms. The van der Waals surface area contributed by atoms with Crippen LogP contribution in [-0.4, -0.2) is 39.1 Å². The Morgan fingerprint density at radius 1 is 1.08 bits per heavy atom. The van der Waals surface area contributed by atoms with E-state index < -0.39 is 0 Å². The van der Waals surface area contributed by atoms with Crippen LogP contribution in [0.4, 0.5) is 11.6 Å². The Kier molecular flexibility index (Phi) is 4.28. The fourth-order valence-corrected chi connectivity index (χ4v) is 3.40. The smallest absolute Gasteiger partial charge is 0.133 e. The van der Waals surface area contributed by atoms with Crippen molar-refractivity contribution in [1.29, 1.82) is 0 Å². The lowest BCUT2D eigenvalue weighted by atomic mass is 9.85. The first-order chi connectivity index (χ1) is 11.8. The lowest BCUT2D eigenvalue weighted by Gasteiger charge is -2.34. The molecule has 1 saturated carbocycles. The molecule has 2 aromatic heterocycles. The van der Waals surface area contributed by atoms with Crippen molar-refractivity contribution >= 4 is 11.6 Å². The molecule has 6 nitrogen and oxygen atoms in total. The van der Waals surface area contributed by atoms with Crippen LogP contribution in [0, 0.1) is 6.92 Å². The fourth-order valence-electron chi connectivity index (χ4n) is 3.40. The van der Waals surface area contributed by atoms with Crippen LogP contribution in [-0.2, 0) is 0 Å². The highest BCUT2D eigenvalue weighted by molar-refractivity contribution is 5.40. The summed E-state index contributed by atoms with van der Waals surface area (Å²) in [6.45, 7) is 4.02. The third-order valence-corrected chi connectivity index (χ3v) is 5.10. The summed E-state index contributed by atoms with van der Waals surface area (Å²) in [7, 11) is 0. The molecule has 0 atom stereocenters. The van der Waals surface area contributed by atoms with E-state index in [1.54, 1.807) is 6.33 Å². The van der Waals surface area contributed by atoms with E-state index in [1.807, 2.05) is 25.3 Å². The molecule has 0 bridgehead atoms. The monoisotopic (exact) mass is 324 g/mol. The average molecular weight is 324 g/mol. The third-order valence-electron chi connectivity index (χ3n) is 5.10. The summed E-state index contributed by atoms with van der Waals surface area (Å²) in [4.78, 5) is 20.1. The molecule has 2 aromatic rings. The van der Waals surface area contributed by atoms with E-state index in [9.17, 15) is 0 Å². The van der Waals surface area contributed by atoms with Crippen LogP contribution >= 0.6 is 0 Å². The highest BCUT2D eigenvalue weighted by atomic mass is 15.2. The second kappa shape index (κ2) is 6.71. The van der Waals surface area contributed by atoms with Gasteiger partial charge in [0.05, 0.1) is 0 Å². The standard InChI is InChI=1S/C18H24N6/c1-13-11-16(21-12-20-13)22-15-6-9-24(10-7-15)17-5-8-19-18(23-17)14-3-2-4-14/h5,8,11-12,14-15H,2-4,6-7,9-10H2,1H3,(H,20,21,22). The zero-order valence-electron chi connectivity index (χ0n) is 14.1. The van der Waals surface area contributed by atoms with Crippen LogP contribution in [0.25, 0.3) is 0 Å². The Hall–Kier alpha value is -2.24. The van der Waals surface area contributed by atoms with Crippen LogP contribution in [0.2, 0.25) is 0 Å². The number of piperidine rings is 1. The zero-order valence-corrected chi connectivity index (χ0v) is 14.1. The van der Waals surface area contributed by atoms with E-state index in [0.29, 0.717) is 12.0 Å². The second-order valence-electron chi connectivity index (χ2n) is 6.85. The predicted molar refractivity (Wildman–Crippen MR) is 94.3 cm³/mol. The predicted octanol–water partition coefficient (Wildman–Crippen LogP) is 2.92. The van der Waals surface area contributed by atoms with Gasteiger partial charge in [0.15, 0.2) is 0 Å². The Morgan fingerprint density at radius 3 is 2.62 bits per heavy atom. The lowest BCUT2D eigenvalue weighted by molar-refractivity contribution is 0.400. The molecule has 1 N–H and O–H groups in total. The lowest BCUT2D eigenvalue weighted by Crippen LogP contribution is -2.39. The molecular weight excluding hydrogens is 300 g/mol. The van der Waals surface area contributed by atoms with Gasteiger partial charge in [0.2, 0.25) is 0 Å². The number of hydrogen-bond acceptors (Lipinski definition) is 6. The molecular formula is C18H24N6. The van der Waals surface area contributed by atoms with Gasteiger partial charge in [-0.2, -0.15) is 0 Å². The van der Waals surface area contributed by atoms with Gasteiger partial charge in [-0.3, -0.25) is 0 Å². The van der Waals surface area contributed by atoms with Crippen molar-refractivity contribution < 1.29 is 0 Å². The number of aromatic nitrogens is 4. The Morgan fingerprint density at radius 2 is 1.92 bits per heavy atom. The van der Waals surface area contributed by atoms with Crippen molar-refractivity contribution in [2.24, 2.45) is 0 Å². The molecule has 4 rings (SSSR count). The van der Waals surface area contributed by atoms with Gasteiger partial charge in [0.25, 0.3) is 0 Å². The van der Waals surface area contributed by atoms with Gasteiger partial charge in [0.1, 0.15) is 23.8 Å². The molecule has 0 amide bonds. The molecule has 0 radical (unpaired) electrons. The summed E-state index contributed by atoms with van der Waals surface area (Å²) in [6.07, 6.45) is 9.52. The maximum absolute atomic E-state index is 4.81. The van der Waals surface area contributed by atoms with Crippen molar-refractivity contribution in [2.45, 2.75) is 51.0 Å². The molecule has 3 heterocycles. The zero-order chi connectivity index (χ0) is 16.4. The molecule has 2 fully saturated rings. The largest absolute Gasteiger partial charge is 0.367 e. The summed E-state index contributed by atoms with van der Waals surface area (Å²) in [6, 6.07) is 4.51. The van der Waals surface area contributed by atoms with E-state index in [2.05, 4.69) is 25.2 Å². The first-order valence-electron chi connectivity index (χ1n) is 8.91. The van der Waals surface area contributed by atoms with Gasteiger partial charge in [-0.05, 0) is 38.7 Å². The number of aryl methyl sites for hydroxylation is 1. The van der Waals surface area contributed by atoms with Crippen molar-refractivity contribution in [3.63, 3.8) is 0 Å². The molecule has 1 aliphatic heterocycles. The molecule has 0 unspecified atom stereocenters. The quantitative estimate of drug-likeness (QED) is 0.933. The summed E-state index contributed by atoms with van der Waals surface area (Å²) in [5, 5.41) is 3.53. The first-order valence-corrected chi connectivity index (χ1v) is 8.91. The maximum Gasteiger partial charge on any atom is 0.133 e. The molecule has 2 aliphatic rings. The Balaban J connectivity index is 1.36. The number of rotatable bonds is 4. The molecule has 0 spiro atoms. The number of nitrogens with zero attached hydrogens (tertiary/aromatic N) is 5. The summed E-state index contributed by atoms with van der Waals surface area (Å²) in [5.41, 5.74) is 0.995. The summed E-state index contributed by atoms with van der Waals surface area (Å²) in [5.74, 6) is 3.64. The van der Waals surface area contributed by atoms with Crippen molar-refractivity contribution in [3.05, 3.63) is 36.2 Å². The third kappa shape index (κ3) is 3.32. The SMILES string of the molecule is Cc1cc(NC2CCN(c3ccnc(C4CCC4)n3)CC2)ncn1. The molecule has 126 valence electrons. The minimum Gasteiger partial charge on any atom is -0.367 e. The maximum atomic E-state index is 4.81. The average Bonchev–Trinajstić information content (AvgIpc) is 2.54. The highest BCUT2D eigenvalue weighted by Crippen LogP contribution is 2.34. The minimum absolute atomic E-state index is 0.462. The van der Waals surface area contributed by atoms with Gasteiger partial charge in [-0.1, -0.05) is 6.42 Å². The highest BCUT2D eigenvalue weighted by Gasteiger charge is 2.24. The van der Waals surface area contributed by atoms with E-state index in [1.165, 1.54) is 19.3 Å².